The number of sulfonamides is 1. The van der Waals surface area contributed by atoms with Crippen molar-refractivity contribution in [3.8, 4) is 0 Å². The van der Waals surface area contributed by atoms with E-state index in [2.05, 4.69) is 0 Å². The average molecular weight is 364 g/mol. The number of rotatable bonds is 3. The smallest absolute Gasteiger partial charge is 0.269 e. The Morgan fingerprint density at radius 3 is 2.24 bits per heavy atom. The molecule has 2 heterocycles. The van der Waals surface area contributed by atoms with Gasteiger partial charge < -0.3 is 0 Å². The summed E-state index contributed by atoms with van der Waals surface area (Å²) >= 11 is 0. The van der Waals surface area contributed by atoms with Crippen LogP contribution in [0.3, 0.4) is 0 Å². The van der Waals surface area contributed by atoms with Crippen LogP contribution in [0.25, 0.3) is 0 Å². The zero-order chi connectivity index (χ0) is 18.7. The molecule has 0 N–H and O–H groups in total. The van der Waals surface area contributed by atoms with Gasteiger partial charge in [0.25, 0.3) is 5.69 Å². The molecule has 1 aromatic rings. The highest BCUT2D eigenvalue weighted by atomic mass is 32.2. The Labute approximate surface area is 146 Å². The zero-order valence-electron chi connectivity index (χ0n) is 14.5. The first-order valence-corrected chi connectivity index (χ1v) is 9.42. The SMILES string of the molecule is CC1=C(C)[C@H]2N(S(=O)(=O)c3ccc([N+](=O)[O-])cc3)[C@@H]1CC(=O)C2(C)C. The number of benzene rings is 1. The topological polar surface area (TPSA) is 97.6 Å². The minimum atomic E-state index is -3.88. The van der Waals surface area contributed by atoms with Crippen molar-refractivity contribution in [1.82, 2.24) is 4.31 Å². The molecular formula is C17H20N2O5S. The van der Waals surface area contributed by atoms with Crippen molar-refractivity contribution in [2.75, 3.05) is 0 Å². The van der Waals surface area contributed by atoms with Gasteiger partial charge in [-0.2, -0.15) is 4.31 Å². The molecule has 2 aliphatic rings. The molecule has 134 valence electrons. The van der Waals surface area contributed by atoms with Crippen LogP contribution in [0.2, 0.25) is 0 Å². The fourth-order valence-electron chi connectivity index (χ4n) is 3.90. The number of piperidine rings is 1. The van der Waals surface area contributed by atoms with Crippen molar-refractivity contribution in [2.45, 2.75) is 51.1 Å². The number of carbonyl (C=O) groups is 1. The third-order valence-corrected chi connectivity index (χ3v) is 7.39. The average Bonchev–Trinajstić information content (AvgIpc) is 2.77. The molecule has 2 atom stereocenters. The van der Waals surface area contributed by atoms with Crippen LogP contribution in [-0.2, 0) is 14.8 Å². The van der Waals surface area contributed by atoms with Crippen LogP contribution in [0.4, 0.5) is 5.69 Å². The van der Waals surface area contributed by atoms with Gasteiger partial charge in [-0.25, -0.2) is 8.42 Å². The van der Waals surface area contributed by atoms with Crippen LogP contribution < -0.4 is 0 Å². The van der Waals surface area contributed by atoms with Crippen molar-refractivity contribution in [2.24, 2.45) is 5.41 Å². The first kappa shape index (κ1) is 17.8. The largest absolute Gasteiger partial charge is 0.299 e. The maximum atomic E-state index is 13.2. The van der Waals surface area contributed by atoms with E-state index in [1.165, 1.54) is 28.6 Å². The van der Waals surface area contributed by atoms with Crippen LogP contribution in [0.5, 0.6) is 0 Å². The summed E-state index contributed by atoms with van der Waals surface area (Å²) in [4.78, 5) is 22.7. The first-order chi connectivity index (χ1) is 11.5. The lowest BCUT2D eigenvalue weighted by Gasteiger charge is -2.44. The molecule has 1 saturated heterocycles. The Bertz CT molecular complexity index is 899. The van der Waals surface area contributed by atoms with E-state index in [1.807, 2.05) is 13.8 Å². The van der Waals surface area contributed by atoms with E-state index in [4.69, 9.17) is 0 Å². The number of nitro groups is 1. The molecule has 2 bridgehead atoms. The molecule has 8 heteroatoms. The fraction of sp³-hybridized carbons (Fsp3) is 0.471. The first-order valence-electron chi connectivity index (χ1n) is 7.98. The standard InChI is InChI=1S/C17H20N2O5S/c1-10-11(2)16-17(3,4)15(20)9-14(10)18(16)25(23,24)13-7-5-12(6-8-13)19(21)22/h5-8,14,16H,9H2,1-4H3/t14-,16-/m1/s1. The molecule has 3 rings (SSSR count). The molecule has 1 aromatic carbocycles. The van der Waals surface area contributed by atoms with Crippen molar-refractivity contribution >= 4 is 21.5 Å². The predicted molar refractivity (Wildman–Crippen MR) is 91.5 cm³/mol. The van der Waals surface area contributed by atoms with E-state index in [-0.39, 0.29) is 22.8 Å². The lowest BCUT2D eigenvalue weighted by Crippen LogP contribution is -2.57. The lowest BCUT2D eigenvalue weighted by molar-refractivity contribution is -0.384. The Morgan fingerprint density at radius 2 is 1.72 bits per heavy atom. The fourth-order valence-corrected chi connectivity index (χ4v) is 5.89. The van der Waals surface area contributed by atoms with Gasteiger partial charge in [-0.3, -0.25) is 14.9 Å². The minimum absolute atomic E-state index is 0.000693. The van der Waals surface area contributed by atoms with Gasteiger partial charge >= 0.3 is 0 Å². The van der Waals surface area contributed by atoms with E-state index < -0.39 is 32.4 Å². The van der Waals surface area contributed by atoms with E-state index >= 15 is 0 Å². The summed E-state index contributed by atoms with van der Waals surface area (Å²) in [5.74, 6) is 0.0499. The van der Waals surface area contributed by atoms with Crippen LogP contribution in [0, 0.1) is 15.5 Å². The highest BCUT2D eigenvalue weighted by molar-refractivity contribution is 7.89. The molecule has 0 radical (unpaired) electrons. The van der Waals surface area contributed by atoms with Crippen LogP contribution in [-0.4, -0.2) is 35.5 Å². The summed E-state index contributed by atoms with van der Waals surface area (Å²) in [6.45, 7) is 7.29. The molecule has 1 fully saturated rings. The second-order valence-corrected chi connectivity index (χ2v) is 9.06. The zero-order valence-corrected chi connectivity index (χ0v) is 15.3. The number of carbonyl (C=O) groups excluding carboxylic acids is 1. The summed E-state index contributed by atoms with van der Waals surface area (Å²) in [7, 11) is -3.88. The number of nitro benzene ring substituents is 1. The van der Waals surface area contributed by atoms with Gasteiger partial charge in [-0.05, 0) is 26.0 Å². The summed E-state index contributed by atoms with van der Waals surface area (Å²) in [6.07, 6.45) is 0.152. The van der Waals surface area contributed by atoms with E-state index in [9.17, 15) is 23.3 Å². The third kappa shape index (κ3) is 2.43. The van der Waals surface area contributed by atoms with E-state index in [1.54, 1.807) is 13.8 Å². The van der Waals surface area contributed by atoms with E-state index in [0.717, 1.165) is 11.1 Å². The number of hydrogen-bond acceptors (Lipinski definition) is 5. The van der Waals surface area contributed by atoms with Gasteiger partial charge in [0.15, 0.2) is 0 Å². The van der Waals surface area contributed by atoms with Crippen LogP contribution in [0.15, 0.2) is 40.3 Å². The molecule has 0 unspecified atom stereocenters. The molecule has 2 aliphatic heterocycles. The van der Waals surface area contributed by atoms with Crippen molar-refractivity contribution in [3.63, 3.8) is 0 Å². The number of fused-ring (bicyclic) bond motifs is 2. The van der Waals surface area contributed by atoms with Crippen molar-refractivity contribution < 1.29 is 18.1 Å². The van der Waals surface area contributed by atoms with Gasteiger partial charge in [0, 0.05) is 24.0 Å². The molecule has 0 spiro atoms. The van der Waals surface area contributed by atoms with Gasteiger partial charge in [0.2, 0.25) is 10.0 Å². The van der Waals surface area contributed by atoms with Gasteiger partial charge in [0.05, 0.1) is 21.9 Å². The normalized spacial score (nSPS) is 26.2. The Kier molecular flexibility index (Phi) is 3.88. The highest BCUT2D eigenvalue weighted by Gasteiger charge is 2.57. The molecule has 0 aromatic heterocycles. The molecule has 0 saturated carbocycles. The summed E-state index contributed by atoms with van der Waals surface area (Å²) in [5.41, 5.74) is 0.842. The van der Waals surface area contributed by atoms with Gasteiger partial charge in [0.1, 0.15) is 5.78 Å². The quantitative estimate of drug-likeness (QED) is 0.466. The number of ketones is 1. The van der Waals surface area contributed by atoms with Crippen molar-refractivity contribution in [1.29, 1.82) is 0 Å². The number of Topliss-reactive ketones (excluding diaryl/α,β-unsaturated/α-hetero) is 1. The maximum absolute atomic E-state index is 13.2. The summed E-state index contributed by atoms with van der Waals surface area (Å²) in [6, 6.07) is 3.86. The van der Waals surface area contributed by atoms with Crippen molar-refractivity contribution in [3.05, 3.63) is 45.5 Å². The third-order valence-electron chi connectivity index (χ3n) is 5.50. The van der Waals surface area contributed by atoms with Gasteiger partial charge in [-0.1, -0.05) is 25.0 Å². The second-order valence-electron chi connectivity index (χ2n) is 7.22. The summed E-state index contributed by atoms with van der Waals surface area (Å²) < 4.78 is 27.9. The lowest BCUT2D eigenvalue weighted by atomic mass is 9.75. The number of non-ortho nitro benzene ring substituents is 1. The second kappa shape index (κ2) is 5.47. The molecular weight excluding hydrogens is 344 g/mol. The number of hydrogen-bond donors (Lipinski definition) is 0. The highest BCUT2D eigenvalue weighted by Crippen LogP contribution is 2.49. The number of nitrogens with zero attached hydrogens (tertiary/aromatic N) is 2. The Hall–Kier alpha value is -2.06. The van der Waals surface area contributed by atoms with Gasteiger partial charge in [-0.15, -0.1) is 0 Å². The Morgan fingerprint density at radius 1 is 1.16 bits per heavy atom. The summed E-state index contributed by atoms with van der Waals surface area (Å²) in [5, 5.41) is 10.8. The minimum Gasteiger partial charge on any atom is -0.299 e. The molecule has 0 aliphatic carbocycles. The van der Waals surface area contributed by atoms with E-state index in [0.29, 0.717) is 0 Å². The monoisotopic (exact) mass is 364 g/mol. The predicted octanol–water partition coefficient (Wildman–Crippen LogP) is 2.67. The van der Waals surface area contributed by atoms with Crippen LogP contribution >= 0.6 is 0 Å². The molecule has 25 heavy (non-hydrogen) atoms. The maximum Gasteiger partial charge on any atom is 0.269 e. The van der Waals surface area contributed by atoms with Crippen LogP contribution in [0.1, 0.15) is 34.1 Å². The molecule has 0 amide bonds. The Balaban J connectivity index is 2.09. The molecule has 7 nitrogen and oxygen atoms in total.